The molecule has 0 fully saturated rings. The molecule has 5 heterocycles. The monoisotopic (exact) mass is 1370 g/mol. The Morgan fingerprint density at radius 2 is 0.714 bits per heavy atom. The fourth-order valence-electron chi connectivity index (χ4n) is 12.4. The summed E-state index contributed by atoms with van der Waals surface area (Å²) < 4.78 is 37.7. The molecule has 11 nitrogen and oxygen atoms in total. The number of rotatable bonds is 13. The van der Waals surface area contributed by atoms with Crippen LogP contribution in [0.1, 0.15) is 28.7 Å². The van der Waals surface area contributed by atoms with Gasteiger partial charge in [0.1, 0.15) is 11.3 Å². The van der Waals surface area contributed by atoms with Crippen molar-refractivity contribution in [3.8, 4) is 44.7 Å². The zero-order chi connectivity index (χ0) is 65.8. The number of fused-ring (bicyclic) bond motifs is 8. The number of carbonyl (C=O) groups is 1. The maximum atomic E-state index is 10.6. The van der Waals surface area contributed by atoms with Crippen LogP contribution in [0.2, 0.25) is 0 Å². The molecule has 0 radical (unpaired) electrons. The molecule has 0 aliphatic rings. The highest BCUT2D eigenvalue weighted by atomic mass is 35.5. The number of carboxylic acids is 1. The largest absolute Gasteiger partial charge is 0.490 e. The van der Waals surface area contributed by atoms with Gasteiger partial charge in [0.15, 0.2) is 0 Å². The van der Waals surface area contributed by atoms with E-state index < -0.39 is 12.1 Å². The molecule has 500 valence electrons. The third-order valence-corrected chi connectivity index (χ3v) is 17.2. The van der Waals surface area contributed by atoms with Gasteiger partial charge in [-0.1, -0.05) is 158 Å². The Kier molecular flexibility index (Phi) is 24.5. The number of halogens is 6. The summed E-state index contributed by atoms with van der Waals surface area (Å²) in [5.74, 6) is -1.86. The van der Waals surface area contributed by atoms with Gasteiger partial charge in [-0.25, -0.2) is 4.79 Å². The minimum Gasteiger partial charge on any atom is -0.475 e. The van der Waals surface area contributed by atoms with E-state index in [0.29, 0.717) is 19.6 Å². The molecular formula is C81H76Cl3F3N8O3. The van der Waals surface area contributed by atoms with Crippen molar-refractivity contribution in [3.63, 3.8) is 0 Å². The molecule has 0 aliphatic carbocycles. The maximum Gasteiger partial charge on any atom is 0.490 e. The number of aryl methyl sites for hydroxylation is 1. The van der Waals surface area contributed by atoms with Crippen LogP contribution in [0.15, 0.2) is 260 Å². The van der Waals surface area contributed by atoms with Crippen LogP contribution in [-0.2, 0) is 30.5 Å². The summed E-state index contributed by atoms with van der Waals surface area (Å²) in [5.41, 5.74) is 42.2. The number of H-pyrrole nitrogens is 4. The number of aromatic nitrogens is 4. The molecule has 16 rings (SSSR count). The molecular weight excluding hydrogens is 1300 g/mol. The fraction of sp³-hybridized carbons (Fsp3) is 0.123. The van der Waals surface area contributed by atoms with Gasteiger partial charge in [-0.15, -0.1) is 37.2 Å². The lowest BCUT2D eigenvalue weighted by atomic mass is 9.96. The molecule has 0 unspecified atom stereocenters. The van der Waals surface area contributed by atoms with Gasteiger partial charge in [-0.3, -0.25) is 0 Å². The number of nitrogens with two attached hydrogens (primary N) is 4. The molecule has 13 N–H and O–H groups in total. The SMILES string of the molecule is Cl.Cl.Cl.NCCCc1c[nH]c2ccc(-c3cccc4ccccc34)cc12.NCCc1c[nH]c2ccc(-c3cc4ccccc4o3)cc12.NCCc1c[nH]c2ccc(-c3ccc4ccccc4c3)cc12.NCCc1c[nH]c2ccc(-c3cccc4ccccc34)cc12.O=C(O)C(F)(F)F. The van der Waals surface area contributed by atoms with Crippen LogP contribution in [0.25, 0.3) is 132 Å². The number of alkyl halides is 3. The molecule has 11 aromatic carbocycles. The Morgan fingerprint density at radius 1 is 0.357 bits per heavy atom. The molecule has 0 aliphatic heterocycles. The summed E-state index contributed by atoms with van der Waals surface area (Å²) in [7, 11) is 0. The third-order valence-electron chi connectivity index (χ3n) is 17.2. The highest BCUT2D eigenvalue weighted by molar-refractivity contribution is 6.01. The average molecular weight is 1370 g/mol. The first-order valence-electron chi connectivity index (χ1n) is 31.8. The molecule has 0 bridgehead atoms. The minimum absolute atomic E-state index is 0. The minimum atomic E-state index is -5.08. The third kappa shape index (κ3) is 16.5. The van der Waals surface area contributed by atoms with Crippen molar-refractivity contribution < 1.29 is 27.5 Å². The van der Waals surface area contributed by atoms with Crippen LogP contribution < -0.4 is 22.9 Å². The first-order chi connectivity index (χ1) is 46.4. The van der Waals surface area contributed by atoms with E-state index in [1.54, 1.807) is 0 Å². The van der Waals surface area contributed by atoms with E-state index >= 15 is 0 Å². The van der Waals surface area contributed by atoms with Crippen molar-refractivity contribution in [2.75, 3.05) is 26.2 Å². The predicted molar refractivity (Wildman–Crippen MR) is 408 cm³/mol. The summed E-state index contributed by atoms with van der Waals surface area (Å²) in [6.45, 7) is 2.73. The molecule has 0 saturated heterocycles. The second-order valence-corrected chi connectivity index (χ2v) is 23.4. The number of benzene rings is 11. The van der Waals surface area contributed by atoms with Crippen LogP contribution in [0.4, 0.5) is 13.2 Å². The number of carboxylic acid groups (broad SMARTS) is 1. The topological polar surface area (TPSA) is 218 Å². The molecule has 16 aromatic rings. The standard InChI is InChI=1S/C21H20N2.2C20H18N2.C18H16N2O.C2HF3O2.3ClH/c22-12-4-7-17-14-23-21-11-10-16(13-20(17)21)19-9-3-6-15-5-1-2-8-18(15)19;21-11-10-16-13-22-20-9-8-15(12-19(16)20)18-7-3-5-14-4-1-2-6-17(14)18;21-10-9-18-13-22-20-8-7-17(12-19(18)20)16-6-5-14-3-1-2-4-15(14)11-16;19-8-7-14-11-20-16-6-5-13(9-15(14)16)18-10-12-3-1-2-4-17(12)21-18;3-2(4,5)1(6)7;;;/h1-3,5-6,8-11,13-14,23H,4,7,12,22H2;1-9,12-13,22H,10-11,21H2;1-8,11-13,22H,9-10,21H2;1-6,9-11,20H,7-8,19H2;(H,6,7);3*1H. The van der Waals surface area contributed by atoms with Crippen LogP contribution in [0, 0.1) is 0 Å². The van der Waals surface area contributed by atoms with E-state index in [9.17, 15) is 13.2 Å². The Morgan fingerprint density at radius 3 is 1.16 bits per heavy atom. The van der Waals surface area contributed by atoms with Gasteiger partial charge < -0.3 is 52.4 Å². The normalized spacial score (nSPS) is 11.0. The van der Waals surface area contributed by atoms with Crippen molar-refractivity contribution in [1.29, 1.82) is 0 Å². The van der Waals surface area contributed by atoms with Crippen LogP contribution in [0.3, 0.4) is 0 Å². The fourth-order valence-corrected chi connectivity index (χ4v) is 12.4. The lowest BCUT2D eigenvalue weighted by Gasteiger charge is -2.08. The smallest absolute Gasteiger partial charge is 0.475 e. The van der Waals surface area contributed by atoms with Gasteiger partial charge in [0.25, 0.3) is 0 Å². The van der Waals surface area contributed by atoms with E-state index in [4.69, 9.17) is 37.3 Å². The van der Waals surface area contributed by atoms with E-state index in [1.807, 2.05) is 24.4 Å². The lowest BCUT2D eigenvalue weighted by Crippen LogP contribution is -2.21. The van der Waals surface area contributed by atoms with Gasteiger partial charge in [0, 0.05) is 79.3 Å². The maximum absolute atomic E-state index is 10.6. The van der Waals surface area contributed by atoms with Crippen LogP contribution in [0.5, 0.6) is 0 Å². The van der Waals surface area contributed by atoms with Crippen LogP contribution >= 0.6 is 37.2 Å². The molecule has 98 heavy (non-hydrogen) atoms. The van der Waals surface area contributed by atoms with E-state index in [1.165, 1.54) is 126 Å². The summed E-state index contributed by atoms with van der Waals surface area (Å²) in [6.07, 6.45) is 7.95. The Labute approximate surface area is 583 Å². The van der Waals surface area contributed by atoms with Crippen molar-refractivity contribution in [3.05, 3.63) is 278 Å². The van der Waals surface area contributed by atoms with Gasteiger partial charge in [0.2, 0.25) is 0 Å². The number of hydrogen-bond acceptors (Lipinski definition) is 6. The summed E-state index contributed by atoms with van der Waals surface area (Å²) in [6, 6.07) is 81.6. The van der Waals surface area contributed by atoms with Gasteiger partial charge >= 0.3 is 12.1 Å². The first-order valence-corrected chi connectivity index (χ1v) is 31.8. The van der Waals surface area contributed by atoms with E-state index in [-0.39, 0.29) is 37.2 Å². The quantitative estimate of drug-likeness (QED) is 0.0543. The van der Waals surface area contributed by atoms with Crippen LogP contribution in [-0.4, -0.2) is 63.4 Å². The molecule has 5 aromatic heterocycles. The second-order valence-electron chi connectivity index (χ2n) is 23.4. The second kappa shape index (κ2) is 33.2. The van der Waals surface area contributed by atoms with Crippen molar-refractivity contribution in [2.24, 2.45) is 22.9 Å². The van der Waals surface area contributed by atoms with E-state index in [0.717, 1.165) is 66.5 Å². The summed E-state index contributed by atoms with van der Waals surface area (Å²) >= 11 is 0. The Bertz CT molecular complexity index is 5270. The summed E-state index contributed by atoms with van der Waals surface area (Å²) in [4.78, 5) is 22.2. The highest BCUT2D eigenvalue weighted by Gasteiger charge is 2.38. The van der Waals surface area contributed by atoms with Crippen molar-refractivity contribution >= 4 is 130 Å². The van der Waals surface area contributed by atoms with Crippen molar-refractivity contribution in [1.82, 2.24) is 19.9 Å². The number of furan rings is 1. The predicted octanol–water partition coefficient (Wildman–Crippen LogP) is 19.8. The lowest BCUT2D eigenvalue weighted by molar-refractivity contribution is -0.192. The Balaban J connectivity index is 0.000000147. The summed E-state index contributed by atoms with van der Waals surface area (Å²) in [5, 5.41) is 21.0. The number of aromatic amines is 4. The van der Waals surface area contributed by atoms with Gasteiger partial charge in [0.05, 0.1) is 0 Å². The molecule has 0 atom stereocenters. The van der Waals surface area contributed by atoms with E-state index in [2.05, 4.69) is 251 Å². The molecule has 0 saturated carbocycles. The number of hydrogen-bond donors (Lipinski definition) is 9. The highest BCUT2D eigenvalue weighted by Crippen LogP contribution is 2.36. The number of nitrogens with one attached hydrogen (secondary N) is 4. The van der Waals surface area contributed by atoms with Crippen molar-refractivity contribution in [2.45, 2.75) is 38.3 Å². The van der Waals surface area contributed by atoms with Gasteiger partial charge in [-0.05, 0) is 219 Å². The molecule has 0 spiro atoms. The first kappa shape index (κ1) is 72.1. The molecule has 0 amide bonds. The Hall–Kier alpha value is -10.1. The zero-order valence-electron chi connectivity index (χ0n) is 53.5. The number of aliphatic carboxylic acids is 1. The average Bonchev–Trinajstić information content (AvgIpc) is 1.05. The van der Waals surface area contributed by atoms with Gasteiger partial charge in [-0.2, -0.15) is 13.2 Å². The molecule has 17 heteroatoms. The number of para-hydroxylation sites is 1. The zero-order valence-corrected chi connectivity index (χ0v) is 56.0.